The van der Waals surface area contributed by atoms with E-state index in [-0.39, 0.29) is 0 Å². The first-order valence-corrected chi connectivity index (χ1v) is 3.98. The van der Waals surface area contributed by atoms with E-state index in [4.69, 9.17) is 4.74 Å². The molecule has 0 aromatic rings. The van der Waals surface area contributed by atoms with Crippen LogP contribution in [0.1, 0.15) is 19.8 Å². The highest BCUT2D eigenvalue weighted by Crippen LogP contribution is 2.16. The minimum absolute atomic E-state index is 0.459. The van der Waals surface area contributed by atoms with Crippen LogP contribution >= 0.6 is 0 Å². The Kier molecular flexibility index (Phi) is 2.69. The van der Waals surface area contributed by atoms with Crippen LogP contribution in [0.15, 0.2) is 0 Å². The Morgan fingerprint density at radius 3 is 2.50 bits per heavy atom. The fourth-order valence-electron chi connectivity index (χ4n) is 1.44. The second kappa shape index (κ2) is 3.35. The van der Waals surface area contributed by atoms with E-state index in [9.17, 15) is 0 Å². The van der Waals surface area contributed by atoms with E-state index in [1.54, 1.807) is 0 Å². The summed E-state index contributed by atoms with van der Waals surface area (Å²) in [4.78, 5) is 2.29. The molecule has 0 aliphatic carbocycles. The molecule has 1 fully saturated rings. The highest BCUT2D eigenvalue weighted by atomic mass is 16.5. The zero-order chi connectivity index (χ0) is 7.56. The first-order valence-electron chi connectivity index (χ1n) is 3.98. The summed E-state index contributed by atoms with van der Waals surface area (Å²) < 4.78 is 5.43. The molecule has 0 N–H and O–H groups in total. The lowest BCUT2D eigenvalue weighted by molar-refractivity contribution is -0.00673. The van der Waals surface area contributed by atoms with Gasteiger partial charge >= 0.3 is 0 Å². The van der Waals surface area contributed by atoms with Gasteiger partial charge < -0.3 is 9.64 Å². The van der Waals surface area contributed by atoms with Crippen LogP contribution in [-0.4, -0.2) is 37.7 Å². The van der Waals surface area contributed by atoms with Crippen LogP contribution in [0.5, 0.6) is 0 Å². The molecule has 2 heteroatoms. The summed E-state index contributed by atoms with van der Waals surface area (Å²) in [7, 11) is 4.28. The minimum atomic E-state index is 0.459. The summed E-state index contributed by atoms with van der Waals surface area (Å²) in [5, 5.41) is 0. The Hall–Kier alpha value is -0.0800. The van der Waals surface area contributed by atoms with E-state index in [1.165, 1.54) is 12.8 Å². The van der Waals surface area contributed by atoms with Gasteiger partial charge in [-0.15, -0.1) is 0 Å². The third-order valence-corrected chi connectivity index (χ3v) is 2.19. The molecule has 2 atom stereocenters. The van der Waals surface area contributed by atoms with Gasteiger partial charge in [0.25, 0.3) is 0 Å². The minimum Gasteiger partial charge on any atom is -0.378 e. The average Bonchev–Trinajstić information content (AvgIpc) is 1.88. The van der Waals surface area contributed by atoms with Crippen molar-refractivity contribution in [2.24, 2.45) is 0 Å². The van der Waals surface area contributed by atoms with Crippen LogP contribution in [0.4, 0.5) is 0 Å². The lowest BCUT2D eigenvalue weighted by Gasteiger charge is -2.31. The van der Waals surface area contributed by atoms with Crippen molar-refractivity contribution >= 4 is 0 Å². The third-order valence-electron chi connectivity index (χ3n) is 2.19. The lowest BCUT2D eigenvalue weighted by Crippen LogP contribution is -2.37. The van der Waals surface area contributed by atoms with Gasteiger partial charge in [0, 0.05) is 12.6 Å². The molecule has 0 saturated carbocycles. The SMILES string of the molecule is CC1CC(N(C)C)CCO1. The molecule has 1 aliphatic heterocycles. The topological polar surface area (TPSA) is 12.5 Å². The van der Waals surface area contributed by atoms with Gasteiger partial charge in [0.05, 0.1) is 6.10 Å². The van der Waals surface area contributed by atoms with Crippen molar-refractivity contribution in [2.45, 2.75) is 31.9 Å². The number of hydrogen-bond donors (Lipinski definition) is 0. The third kappa shape index (κ3) is 1.96. The Bertz CT molecular complexity index is 103. The predicted molar refractivity (Wildman–Crippen MR) is 42.1 cm³/mol. The Labute approximate surface area is 63.2 Å². The van der Waals surface area contributed by atoms with Gasteiger partial charge in [0.15, 0.2) is 0 Å². The van der Waals surface area contributed by atoms with Gasteiger partial charge in [0.2, 0.25) is 0 Å². The van der Waals surface area contributed by atoms with Crippen LogP contribution in [0.2, 0.25) is 0 Å². The maximum absolute atomic E-state index is 5.43. The van der Waals surface area contributed by atoms with Crippen LogP contribution in [0.25, 0.3) is 0 Å². The standard InChI is InChI=1S/C8H17NO/c1-7-6-8(9(2)3)4-5-10-7/h7-8H,4-6H2,1-3H3. The monoisotopic (exact) mass is 143 g/mol. The summed E-state index contributed by atoms with van der Waals surface area (Å²) in [6.45, 7) is 3.08. The summed E-state index contributed by atoms with van der Waals surface area (Å²) >= 11 is 0. The molecule has 60 valence electrons. The molecule has 0 bridgehead atoms. The van der Waals surface area contributed by atoms with Crippen molar-refractivity contribution in [2.75, 3.05) is 20.7 Å². The number of hydrogen-bond acceptors (Lipinski definition) is 2. The molecule has 0 radical (unpaired) electrons. The summed E-state index contributed by atoms with van der Waals surface area (Å²) in [6, 6.07) is 0.740. The maximum Gasteiger partial charge on any atom is 0.0561 e. The first-order chi connectivity index (χ1) is 4.70. The fourth-order valence-corrected chi connectivity index (χ4v) is 1.44. The zero-order valence-electron chi connectivity index (χ0n) is 7.13. The van der Waals surface area contributed by atoms with Crippen molar-refractivity contribution in [1.29, 1.82) is 0 Å². The highest BCUT2D eigenvalue weighted by Gasteiger charge is 2.20. The molecule has 1 heterocycles. The van der Waals surface area contributed by atoms with Crippen molar-refractivity contribution in [3.8, 4) is 0 Å². The second-order valence-electron chi connectivity index (χ2n) is 3.32. The van der Waals surface area contributed by atoms with Gasteiger partial charge in [-0.25, -0.2) is 0 Å². The van der Waals surface area contributed by atoms with Crippen LogP contribution < -0.4 is 0 Å². The van der Waals surface area contributed by atoms with Crippen molar-refractivity contribution in [3.63, 3.8) is 0 Å². The molecular weight excluding hydrogens is 126 g/mol. The Morgan fingerprint density at radius 1 is 1.40 bits per heavy atom. The van der Waals surface area contributed by atoms with Crippen molar-refractivity contribution in [1.82, 2.24) is 4.90 Å². The normalized spacial score (nSPS) is 34.8. The molecule has 2 unspecified atom stereocenters. The molecule has 2 nitrogen and oxygen atoms in total. The molecule has 0 amide bonds. The number of ether oxygens (including phenoxy) is 1. The first kappa shape index (κ1) is 8.02. The largest absolute Gasteiger partial charge is 0.378 e. The number of nitrogens with zero attached hydrogens (tertiary/aromatic N) is 1. The summed E-state index contributed by atoms with van der Waals surface area (Å²) in [5.74, 6) is 0. The van der Waals surface area contributed by atoms with Crippen LogP contribution in [0, 0.1) is 0 Å². The molecule has 0 spiro atoms. The van der Waals surface area contributed by atoms with Gasteiger partial charge in [-0.2, -0.15) is 0 Å². The molecule has 1 aliphatic rings. The van der Waals surface area contributed by atoms with Crippen molar-refractivity contribution in [3.05, 3.63) is 0 Å². The molecule has 1 rings (SSSR count). The molecule has 0 aromatic heterocycles. The second-order valence-corrected chi connectivity index (χ2v) is 3.32. The van der Waals surface area contributed by atoms with E-state index in [2.05, 4.69) is 25.9 Å². The Balaban J connectivity index is 2.32. The van der Waals surface area contributed by atoms with E-state index < -0.39 is 0 Å². The Morgan fingerprint density at radius 2 is 2.10 bits per heavy atom. The van der Waals surface area contributed by atoms with Crippen molar-refractivity contribution < 1.29 is 4.74 Å². The highest BCUT2D eigenvalue weighted by molar-refractivity contribution is 4.73. The van der Waals surface area contributed by atoms with E-state index in [0.29, 0.717) is 6.10 Å². The fraction of sp³-hybridized carbons (Fsp3) is 1.00. The van der Waals surface area contributed by atoms with E-state index >= 15 is 0 Å². The summed E-state index contributed by atoms with van der Waals surface area (Å²) in [6.07, 6.45) is 2.84. The maximum atomic E-state index is 5.43. The zero-order valence-corrected chi connectivity index (χ0v) is 7.13. The lowest BCUT2D eigenvalue weighted by atomic mass is 10.0. The smallest absolute Gasteiger partial charge is 0.0561 e. The van der Waals surface area contributed by atoms with Gasteiger partial charge in [-0.1, -0.05) is 0 Å². The molecular formula is C8H17NO. The van der Waals surface area contributed by atoms with Gasteiger partial charge in [-0.3, -0.25) is 0 Å². The van der Waals surface area contributed by atoms with Gasteiger partial charge in [-0.05, 0) is 33.9 Å². The van der Waals surface area contributed by atoms with Crippen LogP contribution in [0.3, 0.4) is 0 Å². The molecule has 10 heavy (non-hydrogen) atoms. The quantitative estimate of drug-likeness (QED) is 0.545. The van der Waals surface area contributed by atoms with Crippen LogP contribution in [-0.2, 0) is 4.74 Å². The molecule has 1 saturated heterocycles. The van der Waals surface area contributed by atoms with E-state index in [0.717, 1.165) is 12.6 Å². The molecule has 0 aromatic carbocycles. The van der Waals surface area contributed by atoms with E-state index in [1.807, 2.05) is 0 Å². The predicted octanol–water partition coefficient (Wildman–Crippen LogP) is 1.12. The van der Waals surface area contributed by atoms with Gasteiger partial charge in [0.1, 0.15) is 0 Å². The summed E-state index contributed by atoms with van der Waals surface area (Å²) in [5.41, 5.74) is 0. The number of rotatable bonds is 1. The average molecular weight is 143 g/mol.